The number of carbonyl (C=O) groups is 1. The van der Waals surface area contributed by atoms with Crippen molar-refractivity contribution in [2.75, 3.05) is 6.61 Å². The third kappa shape index (κ3) is 3.60. The molecule has 0 saturated carbocycles. The van der Waals surface area contributed by atoms with Gasteiger partial charge in [0.05, 0.1) is 10.4 Å². The molecule has 0 saturated heterocycles. The van der Waals surface area contributed by atoms with Crippen LogP contribution >= 0.6 is 27.5 Å². The Morgan fingerprint density at radius 1 is 1.56 bits per heavy atom. The molecule has 0 atom stereocenters. The number of hydrogen-bond donors (Lipinski definition) is 2. The largest absolute Gasteiger partial charge is 0.491 e. The molecule has 1 amide bonds. The van der Waals surface area contributed by atoms with Crippen LogP contribution in [0.4, 0.5) is 0 Å². The number of hydrazine groups is 1. The van der Waals surface area contributed by atoms with E-state index in [4.69, 9.17) is 22.2 Å². The molecule has 6 heteroatoms. The van der Waals surface area contributed by atoms with Gasteiger partial charge in [0.2, 0.25) is 5.91 Å². The Balaban J connectivity index is 2.84. The smallest absolute Gasteiger partial charge is 0.242 e. The lowest BCUT2D eigenvalue weighted by Gasteiger charge is -2.23. The van der Waals surface area contributed by atoms with Crippen LogP contribution in [0.5, 0.6) is 5.75 Å². The minimum atomic E-state index is -0.725. The molecule has 18 heavy (non-hydrogen) atoms. The first-order chi connectivity index (χ1) is 8.27. The summed E-state index contributed by atoms with van der Waals surface area (Å²) in [6.45, 7) is 5.58. The number of carbonyl (C=O) groups excluding carboxylic acids is 1. The van der Waals surface area contributed by atoms with Gasteiger partial charge in [0.15, 0.2) is 0 Å². The number of amides is 1. The van der Waals surface area contributed by atoms with E-state index in [-0.39, 0.29) is 12.5 Å². The van der Waals surface area contributed by atoms with Gasteiger partial charge in [0.25, 0.3) is 0 Å². The molecular formula is C12H16BrClN2O2. The van der Waals surface area contributed by atoms with Crippen molar-refractivity contribution in [3.63, 3.8) is 0 Å². The molecule has 0 bridgehead atoms. The highest BCUT2D eigenvalue weighted by Crippen LogP contribution is 2.33. The standard InChI is InChI=1S/C12H16BrClN2O2/c1-7-4-8(13)5-9(14)10(7)18-6-12(2,3)11(17)16-15/h4-5H,6,15H2,1-3H3,(H,16,17). The highest BCUT2D eigenvalue weighted by atomic mass is 79.9. The van der Waals surface area contributed by atoms with Crippen LogP contribution < -0.4 is 16.0 Å². The average Bonchev–Trinajstić information content (AvgIpc) is 2.26. The van der Waals surface area contributed by atoms with E-state index in [1.807, 2.05) is 13.0 Å². The predicted octanol–water partition coefficient (Wildman–Crippen LogP) is 2.81. The zero-order valence-electron chi connectivity index (χ0n) is 10.5. The lowest BCUT2D eigenvalue weighted by atomic mass is 9.94. The van der Waals surface area contributed by atoms with E-state index in [9.17, 15) is 4.79 Å². The lowest BCUT2D eigenvalue weighted by molar-refractivity contribution is -0.130. The Morgan fingerprint density at radius 2 is 2.17 bits per heavy atom. The van der Waals surface area contributed by atoms with Crippen molar-refractivity contribution < 1.29 is 9.53 Å². The third-order valence-corrected chi connectivity index (χ3v) is 3.26. The monoisotopic (exact) mass is 334 g/mol. The summed E-state index contributed by atoms with van der Waals surface area (Å²) in [5, 5.41) is 0.505. The summed E-state index contributed by atoms with van der Waals surface area (Å²) in [6.07, 6.45) is 0. The Bertz CT molecular complexity index is 440. The van der Waals surface area contributed by atoms with Crippen molar-refractivity contribution >= 4 is 33.4 Å². The Labute approximate surface area is 120 Å². The lowest BCUT2D eigenvalue weighted by Crippen LogP contribution is -2.44. The maximum absolute atomic E-state index is 11.5. The molecule has 100 valence electrons. The van der Waals surface area contributed by atoms with E-state index in [0.717, 1.165) is 10.0 Å². The third-order valence-electron chi connectivity index (χ3n) is 2.52. The molecule has 0 spiro atoms. The molecule has 0 fully saturated rings. The summed E-state index contributed by atoms with van der Waals surface area (Å²) in [4.78, 5) is 11.5. The van der Waals surface area contributed by atoms with E-state index in [2.05, 4.69) is 21.4 Å². The average molecular weight is 336 g/mol. The van der Waals surface area contributed by atoms with Crippen molar-refractivity contribution in [2.45, 2.75) is 20.8 Å². The molecule has 0 aliphatic heterocycles. The molecule has 1 aromatic carbocycles. The quantitative estimate of drug-likeness (QED) is 0.505. The molecule has 0 aliphatic carbocycles. The summed E-state index contributed by atoms with van der Waals surface area (Å²) in [7, 11) is 0. The van der Waals surface area contributed by atoms with Crippen LogP contribution in [0.1, 0.15) is 19.4 Å². The number of nitrogens with one attached hydrogen (secondary N) is 1. The van der Waals surface area contributed by atoms with Crippen LogP contribution in [0.3, 0.4) is 0 Å². The number of aryl methyl sites for hydroxylation is 1. The number of halogens is 2. The van der Waals surface area contributed by atoms with Crippen LogP contribution in [-0.2, 0) is 4.79 Å². The maximum atomic E-state index is 11.5. The molecule has 4 nitrogen and oxygen atoms in total. The number of nitrogens with two attached hydrogens (primary N) is 1. The Kier molecular flexibility index (Phi) is 5.01. The summed E-state index contributed by atoms with van der Waals surface area (Å²) in [5.74, 6) is 5.42. The van der Waals surface area contributed by atoms with Gasteiger partial charge >= 0.3 is 0 Å². The molecule has 0 radical (unpaired) electrons. The van der Waals surface area contributed by atoms with E-state index >= 15 is 0 Å². The number of benzene rings is 1. The van der Waals surface area contributed by atoms with E-state index < -0.39 is 5.41 Å². The van der Waals surface area contributed by atoms with Crippen molar-refractivity contribution in [1.82, 2.24) is 5.43 Å². The number of rotatable bonds is 4. The molecule has 1 rings (SSSR count). The summed E-state index contributed by atoms with van der Waals surface area (Å²) < 4.78 is 6.53. The molecule has 3 N–H and O–H groups in total. The topological polar surface area (TPSA) is 64.3 Å². The fourth-order valence-corrected chi connectivity index (χ4v) is 2.41. The predicted molar refractivity (Wildman–Crippen MR) is 75.5 cm³/mol. The van der Waals surface area contributed by atoms with Crippen LogP contribution in [0.25, 0.3) is 0 Å². The van der Waals surface area contributed by atoms with Crippen molar-refractivity contribution in [1.29, 1.82) is 0 Å². The van der Waals surface area contributed by atoms with E-state index in [1.165, 1.54) is 0 Å². The van der Waals surface area contributed by atoms with Gasteiger partial charge < -0.3 is 4.74 Å². The summed E-state index contributed by atoms with van der Waals surface area (Å²) in [5.41, 5.74) is 2.30. The first kappa shape index (κ1) is 15.3. The van der Waals surface area contributed by atoms with Crippen LogP contribution in [0, 0.1) is 12.3 Å². The van der Waals surface area contributed by atoms with Crippen molar-refractivity contribution in [3.05, 3.63) is 27.2 Å². The van der Waals surface area contributed by atoms with E-state index in [0.29, 0.717) is 10.8 Å². The van der Waals surface area contributed by atoms with Gasteiger partial charge in [-0.05, 0) is 38.5 Å². The minimum Gasteiger partial charge on any atom is -0.491 e. The van der Waals surface area contributed by atoms with Gasteiger partial charge in [-0.15, -0.1) is 0 Å². The van der Waals surface area contributed by atoms with E-state index in [1.54, 1.807) is 19.9 Å². The molecule has 1 aromatic rings. The van der Waals surface area contributed by atoms with Gasteiger partial charge in [0, 0.05) is 4.47 Å². The maximum Gasteiger partial charge on any atom is 0.242 e. The zero-order chi connectivity index (χ0) is 13.9. The fourth-order valence-electron chi connectivity index (χ4n) is 1.39. The Hall–Kier alpha value is -0.780. The van der Waals surface area contributed by atoms with Crippen molar-refractivity contribution in [3.8, 4) is 5.75 Å². The SMILES string of the molecule is Cc1cc(Br)cc(Cl)c1OCC(C)(C)C(=O)NN. The van der Waals surface area contributed by atoms with Gasteiger partial charge in [-0.1, -0.05) is 27.5 Å². The second-order valence-electron chi connectivity index (χ2n) is 4.68. The van der Waals surface area contributed by atoms with Gasteiger partial charge in [-0.2, -0.15) is 0 Å². The fraction of sp³-hybridized carbons (Fsp3) is 0.417. The van der Waals surface area contributed by atoms with Crippen LogP contribution in [0.2, 0.25) is 5.02 Å². The Morgan fingerprint density at radius 3 is 2.67 bits per heavy atom. The second kappa shape index (κ2) is 5.91. The molecule has 0 aromatic heterocycles. The first-order valence-corrected chi connectivity index (χ1v) is 6.54. The number of ether oxygens (including phenoxy) is 1. The summed E-state index contributed by atoms with van der Waals surface area (Å²) in [6, 6.07) is 3.65. The normalized spacial score (nSPS) is 11.2. The summed E-state index contributed by atoms with van der Waals surface area (Å²) >= 11 is 9.45. The van der Waals surface area contributed by atoms with Gasteiger partial charge in [0.1, 0.15) is 12.4 Å². The van der Waals surface area contributed by atoms with Crippen LogP contribution in [-0.4, -0.2) is 12.5 Å². The van der Waals surface area contributed by atoms with Crippen LogP contribution in [0.15, 0.2) is 16.6 Å². The first-order valence-electron chi connectivity index (χ1n) is 5.37. The molecular weight excluding hydrogens is 320 g/mol. The van der Waals surface area contributed by atoms with Gasteiger partial charge in [-0.3, -0.25) is 10.2 Å². The highest BCUT2D eigenvalue weighted by Gasteiger charge is 2.28. The second-order valence-corrected chi connectivity index (χ2v) is 6.00. The number of hydrogen-bond acceptors (Lipinski definition) is 3. The van der Waals surface area contributed by atoms with Crippen molar-refractivity contribution in [2.24, 2.45) is 11.3 Å². The molecule has 0 unspecified atom stereocenters. The van der Waals surface area contributed by atoms with Gasteiger partial charge in [-0.25, -0.2) is 5.84 Å². The zero-order valence-corrected chi connectivity index (χ0v) is 12.9. The minimum absolute atomic E-state index is 0.193. The molecule has 0 aliphatic rings. The highest BCUT2D eigenvalue weighted by molar-refractivity contribution is 9.10. The molecule has 0 heterocycles.